The Morgan fingerprint density at radius 3 is 2.94 bits per heavy atom. The summed E-state index contributed by atoms with van der Waals surface area (Å²) in [6.45, 7) is 1.70. The van der Waals surface area contributed by atoms with E-state index in [4.69, 9.17) is 4.52 Å². The highest BCUT2D eigenvalue weighted by Gasteiger charge is 2.24. The Morgan fingerprint density at radius 1 is 1.47 bits per heavy atom. The van der Waals surface area contributed by atoms with Crippen LogP contribution in [0.15, 0.2) is 10.7 Å². The first-order valence-corrected chi connectivity index (χ1v) is 6.08. The zero-order chi connectivity index (χ0) is 12.3. The number of amides is 1. The van der Waals surface area contributed by atoms with Crippen LogP contribution in [0, 0.1) is 6.92 Å². The fourth-order valence-electron chi connectivity index (χ4n) is 2.22. The Balaban J connectivity index is 2.00. The van der Waals surface area contributed by atoms with Crippen LogP contribution in [0.4, 0.5) is 0 Å². The first kappa shape index (κ1) is 12.1. The number of carbonyl (C=O) groups excluding carboxylic acids is 1. The molecule has 0 radical (unpaired) electrons. The van der Waals surface area contributed by atoms with Crippen LogP contribution < -0.4 is 5.32 Å². The van der Waals surface area contributed by atoms with Gasteiger partial charge in [-0.05, 0) is 19.8 Å². The number of aliphatic hydroxyl groups excluding tert-OH is 1. The van der Waals surface area contributed by atoms with Crippen molar-refractivity contribution >= 4 is 5.91 Å². The molecule has 0 aromatic carbocycles. The van der Waals surface area contributed by atoms with Gasteiger partial charge in [0, 0.05) is 0 Å². The van der Waals surface area contributed by atoms with E-state index < -0.39 is 6.10 Å². The topological polar surface area (TPSA) is 75.4 Å². The lowest BCUT2D eigenvalue weighted by atomic mass is 10.1. The molecule has 0 bridgehead atoms. The largest absolute Gasteiger partial charge is 0.391 e. The third-order valence-electron chi connectivity index (χ3n) is 3.29. The van der Waals surface area contributed by atoms with Crippen LogP contribution in [0.25, 0.3) is 0 Å². The highest BCUT2D eigenvalue weighted by molar-refractivity contribution is 5.94. The van der Waals surface area contributed by atoms with Gasteiger partial charge in [0.2, 0.25) is 0 Å². The van der Waals surface area contributed by atoms with Crippen molar-refractivity contribution in [2.24, 2.45) is 0 Å². The summed E-state index contributed by atoms with van der Waals surface area (Å²) < 4.78 is 4.85. The van der Waals surface area contributed by atoms with Crippen molar-refractivity contribution in [3.05, 3.63) is 17.5 Å². The third-order valence-corrected chi connectivity index (χ3v) is 3.29. The molecule has 2 atom stereocenters. The normalized spacial score (nSPS) is 25.3. The van der Waals surface area contributed by atoms with Gasteiger partial charge in [0.25, 0.3) is 5.91 Å². The number of nitrogens with one attached hydrogen (secondary N) is 1. The van der Waals surface area contributed by atoms with Gasteiger partial charge in [-0.15, -0.1) is 0 Å². The minimum absolute atomic E-state index is 0.153. The van der Waals surface area contributed by atoms with Gasteiger partial charge in [-0.1, -0.05) is 24.4 Å². The van der Waals surface area contributed by atoms with E-state index in [1.165, 1.54) is 6.20 Å². The average molecular weight is 238 g/mol. The lowest BCUT2D eigenvalue weighted by Gasteiger charge is -2.21. The van der Waals surface area contributed by atoms with Gasteiger partial charge in [0.15, 0.2) is 0 Å². The number of aromatic nitrogens is 1. The van der Waals surface area contributed by atoms with E-state index in [2.05, 4.69) is 10.5 Å². The first-order valence-electron chi connectivity index (χ1n) is 6.08. The second kappa shape index (κ2) is 5.31. The van der Waals surface area contributed by atoms with Crippen molar-refractivity contribution in [1.29, 1.82) is 0 Å². The summed E-state index contributed by atoms with van der Waals surface area (Å²) in [4.78, 5) is 11.9. The molecule has 1 fully saturated rings. The predicted octanol–water partition coefficient (Wildman–Crippen LogP) is 1.41. The number of hydrogen-bond donors (Lipinski definition) is 2. The van der Waals surface area contributed by atoms with Crippen LogP contribution in [0.5, 0.6) is 0 Å². The summed E-state index contributed by atoms with van der Waals surface area (Å²) in [5, 5.41) is 16.3. The van der Waals surface area contributed by atoms with Gasteiger partial charge in [0.05, 0.1) is 18.3 Å². The summed E-state index contributed by atoms with van der Waals surface area (Å²) in [6.07, 6.45) is 5.75. The molecule has 2 rings (SSSR count). The van der Waals surface area contributed by atoms with Crippen LogP contribution in [-0.4, -0.2) is 28.3 Å². The molecule has 2 unspecified atom stereocenters. The molecular formula is C12H18N2O3. The smallest absolute Gasteiger partial charge is 0.256 e. The Labute approximate surface area is 100 Å². The molecule has 94 valence electrons. The standard InChI is InChI=1S/C12H18N2O3/c1-8-9(7-13-17-8)12(16)14-10-5-3-2-4-6-11(10)15/h7,10-11,15H,2-6H2,1H3,(H,14,16). The van der Waals surface area contributed by atoms with E-state index in [-0.39, 0.29) is 11.9 Å². The minimum Gasteiger partial charge on any atom is -0.391 e. The van der Waals surface area contributed by atoms with Crippen LogP contribution in [-0.2, 0) is 0 Å². The lowest BCUT2D eigenvalue weighted by molar-refractivity contribution is 0.0817. The lowest BCUT2D eigenvalue weighted by Crippen LogP contribution is -2.42. The summed E-state index contributed by atoms with van der Waals surface area (Å²) in [7, 11) is 0. The number of hydrogen-bond acceptors (Lipinski definition) is 4. The monoisotopic (exact) mass is 238 g/mol. The number of rotatable bonds is 2. The second-order valence-corrected chi connectivity index (χ2v) is 4.58. The van der Waals surface area contributed by atoms with E-state index >= 15 is 0 Å². The Kier molecular flexibility index (Phi) is 3.78. The van der Waals surface area contributed by atoms with E-state index in [1.54, 1.807) is 6.92 Å². The molecule has 5 heteroatoms. The van der Waals surface area contributed by atoms with Gasteiger partial charge >= 0.3 is 0 Å². The van der Waals surface area contributed by atoms with E-state index in [0.717, 1.165) is 32.1 Å². The van der Waals surface area contributed by atoms with E-state index in [0.29, 0.717) is 11.3 Å². The highest BCUT2D eigenvalue weighted by Crippen LogP contribution is 2.18. The van der Waals surface area contributed by atoms with Crippen molar-refractivity contribution < 1.29 is 14.4 Å². The van der Waals surface area contributed by atoms with Crippen molar-refractivity contribution in [3.8, 4) is 0 Å². The van der Waals surface area contributed by atoms with Gasteiger partial charge in [-0.25, -0.2) is 0 Å². The summed E-state index contributed by atoms with van der Waals surface area (Å²) in [5.74, 6) is 0.292. The van der Waals surface area contributed by atoms with E-state index in [1.807, 2.05) is 0 Å². The molecule has 1 aliphatic rings. The van der Waals surface area contributed by atoms with Crippen LogP contribution >= 0.6 is 0 Å². The third kappa shape index (κ3) is 2.85. The fourth-order valence-corrected chi connectivity index (χ4v) is 2.22. The Morgan fingerprint density at radius 2 is 2.24 bits per heavy atom. The van der Waals surface area contributed by atoms with Crippen LogP contribution in [0.3, 0.4) is 0 Å². The van der Waals surface area contributed by atoms with Gasteiger partial charge in [-0.3, -0.25) is 4.79 Å². The maximum Gasteiger partial charge on any atom is 0.256 e. The number of carbonyl (C=O) groups is 1. The molecule has 1 heterocycles. The molecular weight excluding hydrogens is 220 g/mol. The molecule has 5 nitrogen and oxygen atoms in total. The molecule has 1 saturated carbocycles. The molecule has 0 saturated heterocycles. The molecule has 0 spiro atoms. The highest BCUT2D eigenvalue weighted by atomic mass is 16.5. The van der Waals surface area contributed by atoms with Crippen molar-refractivity contribution in [3.63, 3.8) is 0 Å². The zero-order valence-electron chi connectivity index (χ0n) is 9.98. The van der Waals surface area contributed by atoms with Crippen molar-refractivity contribution in [1.82, 2.24) is 10.5 Å². The summed E-state index contributed by atoms with van der Waals surface area (Å²) in [6, 6.07) is -0.153. The quantitative estimate of drug-likeness (QED) is 0.764. The van der Waals surface area contributed by atoms with Gasteiger partial charge in [0.1, 0.15) is 11.3 Å². The second-order valence-electron chi connectivity index (χ2n) is 4.58. The Bertz CT molecular complexity index is 389. The molecule has 2 N–H and O–H groups in total. The van der Waals surface area contributed by atoms with Gasteiger partial charge < -0.3 is 14.9 Å². The van der Waals surface area contributed by atoms with E-state index in [9.17, 15) is 9.90 Å². The van der Waals surface area contributed by atoms with Crippen LogP contribution in [0.2, 0.25) is 0 Å². The molecule has 1 aliphatic carbocycles. The first-order chi connectivity index (χ1) is 8.18. The van der Waals surface area contributed by atoms with Gasteiger partial charge in [-0.2, -0.15) is 0 Å². The predicted molar refractivity (Wildman–Crippen MR) is 61.6 cm³/mol. The average Bonchev–Trinajstić information content (AvgIpc) is 2.63. The molecule has 1 aromatic rings. The molecule has 1 amide bonds. The Hall–Kier alpha value is -1.36. The molecule has 1 aromatic heterocycles. The summed E-state index contributed by atoms with van der Waals surface area (Å²) >= 11 is 0. The maximum absolute atomic E-state index is 11.9. The van der Waals surface area contributed by atoms with Crippen LogP contribution in [0.1, 0.15) is 48.2 Å². The number of aliphatic hydroxyl groups is 1. The fraction of sp³-hybridized carbons (Fsp3) is 0.667. The molecule has 17 heavy (non-hydrogen) atoms. The van der Waals surface area contributed by atoms with Crippen molar-refractivity contribution in [2.75, 3.05) is 0 Å². The number of aryl methyl sites for hydroxylation is 1. The number of nitrogens with zero attached hydrogens (tertiary/aromatic N) is 1. The molecule has 0 aliphatic heterocycles. The summed E-state index contributed by atoms with van der Waals surface area (Å²) in [5.41, 5.74) is 0.446. The minimum atomic E-state index is -0.443. The maximum atomic E-state index is 11.9. The zero-order valence-corrected chi connectivity index (χ0v) is 9.98. The van der Waals surface area contributed by atoms with Crippen molar-refractivity contribution in [2.45, 2.75) is 51.2 Å². The SMILES string of the molecule is Cc1oncc1C(=O)NC1CCCCCC1O.